The third kappa shape index (κ3) is 3.74. The minimum Gasteiger partial charge on any atom is -0.480 e. The second kappa shape index (κ2) is 5.56. The highest BCUT2D eigenvalue weighted by atomic mass is 32.2. The van der Waals surface area contributed by atoms with E-state index in [0.29, 0.717) is 13.0 Å². The molecule has 3 N–H and O–H groups in total. The van der Waals surface area contributed by atoms with Gasteiger partial charge < -0.3 is 10.8 Å². The van der Waals surface area contributed by atoms with Gasteiger partial charge in [0.05, 0.1) is 0 Å². The van der Waals surface area contributed by atoms with Crippen molar-refractivity contribution in [2.24, 2.45) is 5.73 Å². The molecule has 1 unspecified atom stereocenters. The molecule has 3 nitrogen and oxygen atoms in total. The van der Waals surface area contributed by atoms with E-state index in [0.717, 1.165) is 5.75 Å². The van der Waals surface area contributed by atoms with E-state index in [2.05, 4.69) is 0 Å². The normalized spacial score (nSPS) is 13.0. The van der Waals surface area contributed by atoms with Crippen LogP contribution in [0, 0.1) is 0 Å². The van der Waals surface area contributed by atoms with Crippen molar-refractivity contribution in [3.8, 4) is 0 Å². The second-order valence-corrected chi connectivity index (χ2v) is 3.34. The van der Waals surface area contributed by atoms with Crippen molar-refractivity contribution in [2.45, 2.75) is 18.6 Å². The third-order valence-corrected chi connectivity index (χ3v) is 2.25. The number of carbonyl (C=O) groups is 1. The second-order valence-electron chi connectivity index (χ2n) is 1.86. The van der Waals surface area contributed by atoms with Crippen molar-refractivity contribution in [1.29, 1.82) is 0 Å². The Morgan fingerprint density at radius 3 is 2.70 bits per heavy atom. The highest BCUT2D eigenvalue weighted by Gasteiger charge is 2.14. The Bertz CT molecular complexity index is 102. The monoisotopic (exact) mass is 163 g/mol. The molecule has 0 aliphatic rings. The molecule has 0 saturated heterocycles. The lowest BCUT2D eigenvalue weighted by atomic mass is 10.3. The molecule has 0 heterocycles. The highest BCUT2D eigenvalue weighted by Crippen LogP contribution is 2.13. The Hall–Kier alpha value is -0.220. The van der Waals surface area contributed by atoms with Gasteiger partial charge in [-0.15, -0.1) is 11.8 Å². The molecule has 10 heavy (non-hydrogen) atoms. The van der Waals surface area contributed by atoms with Crippen LogP contribution in [-0.4, -0.2) is 28.6 Å². The summed E-state index contributed by atoms with van der Waals surface area (Å²) in [5.41, 5.74) is 5.22. The largest absolute Gasteiger partial charge is 0.480 e. The summed E-state index contributed by atoms with van der Waals surface area (Å²) in [6, 6.07) is 0. The molecule has 0 aliphatic heterocycles. The van der Waals surface area contributed by atoms with Gasteiger partial charge in [0.1, 0.15) is 5.25 Å². The van der Waals surface area contributed by atoms with Gasteiger partial charge in [-0.05, 0) is 18.7 Å². The smallest absolute Gasteiger partial charge is 0.316 e. The number of carboxylic acids is 1. The van der Waals surface area contributed by atoms with Gasteiger partial charge in [-0.1, -0.05) is 6.92 Å². The summed E-state index contributed by atoms with van der Waals surface area (Å²) in [6.07, 6.45) is 0.563. The van der Waals surface area contributed by atoms with E-state index in [1.54, 1.807) is 0 Å². The van der Waals surface area contributed by atoms with Crippen LogP contribution in [0.5, 0.6) is 0 Å². The van der Waals surface area contributed by atoms with Crippen LogP contribution < -0.4 is 5.73 Å². The molecule has 0 aromatic carbocycles. The van der Waals surface area contributed by atoms with Crippen LogP contribution in [0.25, 0.3) is 0 Å². The molecule has 0 fully saturated rings. The Balaban J connectivity index is 3.61. The third-order valence-electron chi connectivity index (χ3n) is 1.07. The van der Waals surface area contributed by atoms with Crippen molar-refractivity contribution in [2.75, 3.05) is 12.3 Å². The molecular formula is C6H13NO2S. The minimum atomic E-state index is -0.752. The van der Waals surface area contributed by atoms with E-state index in [9.17, 15) is 4.79 Å². The van der Waals surface area contributed by atoms with Crippen LogP contribution in [0.3, 0.4) is 0 Å². The first kappa shape index (κ1) is 9.78. The van der Waals surface area contributed by atoms with Gasteiger partial charge in [-0.2, -0.15) is 0 Å². The average molecular weight is 163 g/mol. The molecule has 0 aliphatic carbocycles. The Labute approximate surface area is 65.0 Å². The predicted molar refractivity (Wildman–Crippen MR) is 43.2 cm³/mol. The minimum absolute atomic E-state index is 0.310. The average Bonchev–Trinajstić information content (AvgIpc) is 1.87. The molecule has 0 rings (SSSR count). The van der Waals surface area contributed by atoms with Crippen LogP contribution in [0.2, 0.25) is 0 Å². The summed E-state index contributed by atoms with van der Waals surface area (Å²) in [6.45, 7) is 2.39. The lowest BCUT2D eigenvalue weighted by molar-refractivity contribution is -0.136. The molecule has 0 saturated carbocycles. The maximum absolute atomic E-state index is 10.4. The Morgan fingerprint density at radius 2 is 2.40 bits per heavy atom. The predicted octanol–water partition coefficient (Wildman–Crippen LogP) is 0.542. The van der Waals surface area contributed by atoms with E-state index in [-0.39, 0.29) is 5.25 Å². The number of carboxylic acid groups (broad SMARTS) is 1. The molecule has 1 atom stereocenters. The quantitative estimate of drug-likeness (QED) is 0.621. The fourth-order valence-corrected chi connectivity index (χ4v) is 1.48. The first-order valence-electron chi connectivity index (χ1n) is 3.26. The molecule has 0 spiro atoms. The number of thioether (sulfide) groups is 1. The van der Waals surface area contributed by atoms with E-state index in [1.807, 2.05) is 6.92 Å². The fourth-order valence-electron chi connectivity index (χ4n) is 0.631. The molecular weight excluding hydrogens is 150 g/mol. The van der Waals surface area contributed by atoms with E-state index in [1.165, 1.54) is 11.8 Å². The van der Waals surface area contributed by atoms with Gasteiger partial charge in [-0.3, -0.25) is 4.79 Å². The number of nitrogens with two attached hydrogens (primary N) is 1. The number of hydrogen-bond donors (Lipinski definition) is 2. The van der Waals surface area contributed by atoms with E-state index in [4.69, 9.17) is 10.8 Å². The zero-order chi connectivity index (χ0) is 7.98. The topological polar surface area (TPSA) is 63.3 Å². The summed E-state index contributed by atoms with van der Waals surface area (Å²) in [7, 11) is 0. The maximum atomic E-state index is 10.4. The molecule has 0 amide bonds. The number of hydrogen-bond acceptors (Lipinski definition) is 3. The zero-order valence-corrected chi connectivity index (χ0v) is 6.86. The number of rotatable bonds is 5. The molecule has 60 valence electrons. The Kier molecular flexibility index (Phi) is 5.43. The van der Waals surface area contributed by atoms with Gasteiger partial charge in [0, 0.05) is 0 Å². The van der Waals surface area contributed by atoms with Gasteiger partial charge in [0.2, 0.25) is 0 Å². The summed E-state index contributed by atoms with van der Waals surface area (Å²) < 4.78 is 0. The fraction of sp³-hybridized carbons (Fsp3) is 0.833. The molecule has 4 heteroatoms. The first-order chi connectivity index (χ1) is 4.72. The lowest BCUT2D eigenvalue weighted by Gasteiger charge is -2.07. The van der Waals surface area contributed by atoms with E-state index < -0.39 is 5.97 Å². The summed E-state index contributed by atoms with van der Waals surface area (Å²) >= 11 is 1.43. The lowest BCUT2D eigenvalue weighted by Crippen LogP contribution is -2.20. The first-order valence-corrected chi connectivity index (χ1v) is 4.31. The molecule has 0 aromatic rings. The summed E-state index contributed by atoms with van der Waals surface area (Å²) in [5, 5.41) is 8.25. The van der Waals surface area contributed by atoms with Gasteiger partial charge in [-0.25, -0.2) is 0 Å². The summed E-state index contributed by atoms with van der Waals surface area (Å²) in [5.74, 6) is 0.0778. The van der Waals surface area contributed by atoms with Crippen LogP contribution in [0.15, 0.2) is 0 Å². The zero-order valence-electron chi connectivity index (χ0n) is 6.04. The van der Waals surface area contributed by atoms with Crippen molar-refractivity contribution in [3.63, 3.8) is 0 Å². The number of aliphatic carboxylic acids is 1. The van der Waals surface area contributed by atoms with E-state index >= 15 is 0 Å². The maximum Gasteiger partial charge on any atom is 0.316 e. The molecule has 0 aromatic heterocycles. The SMILES string of the molecule is CCSC(CCN)C(=O)O. The molecule has 0 bridgehead atoms. The Morgan fingerprint density at radius 1 is 1.80 bits per heavy atom. The standard InChI is InChI=1S/C6H13NO2S/c1-2-10-5(3-4-7)6(8)9/h5H,2-4,7H2,1H3,(H,8,9). The van der Waals surface area contributed by atoms with Crippen molar-refractivity contribution in [1.82, 2.24) is 0 Å². The van der Waals surface area contributed by atoms with Crippen LogP contribution in [0.4, 0.5) is 0 Å². The summed E-state index contributed by atoms with van der Waals surface area (Å²) in [4.78, 5) is 10.4. The molecule has 0 radical (unpaired) electrons. The highest BCUT2D eigenvalue weighted by molar-refractivity contribution is 8.00. The van der Waals surface area contributed by atoms with Gasteiger partial charge >= 0.3 is 5.97 Å². The van der Waals surface area contributed by atoms with Crippen LogP contribution in [0.1, 0.15) is 13.3 Å². The van der Waals surface area contributed by atoms with Crippen molar-refractivity contribution < 1.29 is 9.90 Å². The van der Waals surface area contributed by atoms with Crippen LogP contribution in [-0.2, 0) is 4.79 Å². The van der Waals surface area contributed by atoms with Gasteiger partial charge in [0.25, 0.3) is 0 Å². The van der Waals surface area contributed by atoms with Crippen LogP contribution >= 0.6 is 11.8 Å². The van der Waals surface area contributed by atoms with Crippen molar-refractivity contribution >= 4 is 17.7 Å². The van der Waals surface area contributed by atoms with Gasteiger partial charge in [0.15, 0.2) is 0 Å². The van der Waals surface area contributed by atoms with Crippen molar-refractivity contribution in [3.05, 3.63) is 0 Å².